The van der Waals surface area contributed by atoms with E-state index in [2.05, 4.69) is 10.3 Å². The number of hydrogen-bond acceptors (Lipinski definition) is 6. The normalized spacial score (nSPS) is 19.5. The number of nitrogens with zero attached hydrogens (tertiary/aromatic N) is 1. The fourth-order valence-corrected chi connectivity index (χ4v) is 4.08. The maximum absolute atomic E-state index is 11.7. The summed E-state index contributed by atoms with van der Waals surface area (Å²) in [6.07, 6.45) is 2.12. The highest BCUT2D eigenvalue weighted by atomic mass is 32.2. The van der Waals surface area contributed by atoms with Crippen LogP contribution < -0.4 is 5.32 Å². The smallest absolute Gasteiger partial charge is 0.355 e. The molecule has 2 rings (SSSR count). The molecule has 0 saturated carbocycles. The highest BCUT2D eigenvalue weighted by molar-refractivity contribution is 7.94. The van der Waals surface area contributed by atoms with Crippen LogP contribution in [0.2, 0.25) is 0 Å². The van der Waals surface area contributed by atoms with Crippen LogP contribution in [0.5, 0.6) is 0 Å². The average Bonchev–Trinajstić information content (AvgIpc) is 2.96. The SMILES string of the molecule is O=C(C[C@H]1C=CS(=O)(=O)C1)NCCc1nc(C(=O)O)cs1. The molecule has 21 heavy (non-hydrogen) atoms. The van der Waals surface area contributed by atoms with Crippen LogP contribution in [0.15, 0.2) is 16.9 Å². The molecule has 0 saturated heterocycles. The summed E-state index contributed by atoms with van der Waals surface area (Å²) in [5, 5.41) is 14.6. The number of nitrogens with one attached hydrogen (secondary N) is 1. The van der Waals surface area contributed by atoms with Crippen molar-refractivity contribution in [2.24, 2.45) is 5.92 Å². The van der Waals surface area contributed by atoms with Gasteiger partial charge in [0.2, 0.25) is 5.91 Å². The van der Waals surface area contributed by atoms with Crippen LogP contribution >= 0.6 is 11.3 Å². The lowest BCUT2D eigenvalue weighted by Gasteiger charge is -2.07. The predicted molar refractivity (Wildman–Crippen MR) is 76.8 cm³/mol. The van der Waals surface area contributed by atoms with Crippen LogP contribution in [0.1, 0.15) is 21.9 Å². The van der Waals surface area contributed by atoms with Gasteiger partial charge in [0.15, 0.2) is 15.5 Å². The van der Waals surface area contributed by atoms with E-state index in [1.54, 1.807) is 0 Å². The van der Waals surface area contributed by atoms with Crippen molar-refractivity contribution >= 4 is 33.1 Å². The number of sulfone groups is 1. The first kappa shape index (κ1) is 15.6. The first-order valence-corrected chi connectivity index (χ1v) is 8.80. The van der Waals surface area contributed by atoms with E-state index in [-0.39, 0.29) is 29.7 Å². The van der Waals surface area contributed by atoms with Crippen molar-refractivity contribution in [3.05, 3.63) is 27.6 Å². The van der Waals surface area contributed by atoms with Gasteiger partial charge in [0.1, 0.15) is 0 Å². The second-order valence-corrected chi connectivity index (χ2v) is 7.53. The van der Waals surface area contributed by atoms with Crippen LogP contribution in [0, 0.1) is 5.92 Å². The van der Waals surface area contributed by atoms with E-state index in [1.807, 2.05) is 0 Å². The molecule has 1 aromatic rings. The number of aromatic carboxylic acids is 1. The van der Waals surface area contributed by atoms with Gasteiger partial charge >= 0.3 is 5.97 Å². The van der Waals surface area contributed by atoms with Crippen LogP contribution in [0.4, 0.5) is 0 Å². The van der Waals surface area contributed by atoms with Crippen LogP contribution in [-0.2, 0) is 21.1 Å². The molecular weight excluding hydrogens is 316 g/mol. The number of rotatable bonds is 6. The van der Waals surface area contributed by atoms with Crippen molar-refractivity contribution in [1.29, 1.82) is 0 Å². The van der Waals surface area contributed by atoms with Crippen LogP contribution in [0.3, 0.4) is 0 Å². The molecule has 0 bridgehead atoms. The molecule has 0 aliphatic carbocycles. The number of carbonyl (C=O) groups excluding carboxylic acids is 1. The molecule has 2 heterocycles. The van der Waals surface area contributed by atoms with Crippen molar-refractivity contribution in [3.63, 3.8) is 0 Å². The zero-order valence-corrected chi connectivity index (χ0v) is 12.6. The Morgan fingerprint density at radius 1 is 1.48 bits per heavy atom. The van der Waals surface area contributed by atoms with Crippen molar-refractivity contribution in [2.45, 2.75) is 12.8 Å². The summed E-state index contributed by atoms with van der Waals surface area (Å²) in [5.74, 6) is -1.59. The number of aromatic nitrogens is 1. The monoisotopic (exact) mass is 330 g/mol. The fraction of sp³-hybridized carbons (Fsp3) is 0.417. The number of carboxylic acid groups (broad SMARTS) is 1. The summed E-state index contributed by atoms with van der Waals surface area (Å²) in [4.78, 5) is 26.2. The van der Waals surface area contributed by atoms with Crippen molar-refractivity contribution in [3.8, 4) is 0 Å². The molecule has 1 atom stereocenters. The zero-order valence-electron chi connectivity index (χ0n) is 11.0. The van der Waals surface area contributed by atoms with E-state index in [4.69, 9.17) is 5.11 Å². The Balaban J connectivity index is 1.72. The molecule has 0 radical (unpaired) electrons. The molecule has 0 aromatic carbocycles. The Morgan fingerprint density at radius 2 is 2.24 bits per heavy atom. The molecule has 1 amide bonds. The number of thiazole rings is 1. The lowest BCUT2D eigenvalue weighted by Crippen LogP contribution is -2.27. The van der Waals surface area contributed by atoms with E-state index >= 15 is 0 Å². The maximum Gasteiger partial charge on any atom is 0.355 e. The molecular formula is C12H14N2O5S2. The van der Waals surface area contributed by atoms with Gasteiger partial charge in [-0.2, -0.15) is 0 Å². The molecule has 1 aromatic heterocycles. The Labute approximate surface area is 125 Å². The molecule has 114 valence electrons. The highest BCUT2D eigenvalue weighted by Gasteiger charge is 2.23. The predicted octanol–water partition coefficient (Wildman–Crippen LogP) is 0.448. The van der Waals surface area contributed by atoms with Gasteiger partial charge < -0.3 is 10.4 Å². The number of carboxylic acids is 1. The number of carbonyl (C=O) groups is 2. The minimum atomic E-state index is -3.13. The number of amides is 1. The fourth-order valence-electron chi connectivity index (χ4n) is 1.91. The second-order valence-electron chi connectivity index (χ2n) is 4.65. The maximum atomic E-state index is 11.7. The van der Waals surface area contributed by atoms with Gasteiger partial charge in [-0.15, -0.1) is 11.3 Å². The molecule has 1 aliphatic heterocycles. The van der Waals surface area contributed by atoms with Crippen LogP contribution in [-0.4, -0.2) is 42.7 Å². The average molecular weight is 330 g/mol. The Bertz CT molecular complexity index is 678. The zero-order chi connectivity index (χ0) is 15.5. The van der Waals surface area contributed by atoms with Gasteiger partial charge in [-0.25, -0.2) is 18.2 Å². The minimum absolute atomic E-state index is 0.00243. The first-order valence-electron chi connectivity index (χ1n) is 6.21. The Kier molecular flexibility index (Phi) is 4.73. The van der Waals surface area contributed by atoms with Gasteiger partial charge in [0.05, 0.1) is 10.8 Å². The van der Waals surface area contributed by atoms with Crippen molar-refractivity contribution < 1.29 is 23.1 Å². The summed E-state index contributed by atoms with van der Waals surface area (Å²) in [7, 11) is -3.13. The standard InChI is InChI=1S/C12H14N2O5S2/c15-10(5-8-2-4-21(18,19)7-8)13-3-1-11-14-9(6-20-11)12(16)17/h2,4,6,8H,1,3,5,7H2,(H,13,15)(H,16,17)/t8-/m1/s1. The molecule has 7 nitrogen and oxygen atoms in total. The highest BCUT2D eigenvalue weighted by Crippen LogP contribution is 2.18. The van der Waals surface area contributed by atoms with Crippen molar-refractivity contribution in [1.82, 2.24) is 10.3 Å². The lowest BCUT2D eigenvalue weighted by molar-refractivity contribution is -0.121. The molecule has 2 N–H and O–H groups in total. The van der Waals surface area contributed by atoms with Crippen LogP contribution in [0.25, 0.3) is 0 Å². The molecule has 9 heteroatoms. The van der Waals surface area contributed by atoms with Gasteiger partial charge in [0, 0.05) is 36.1 Å². The van der Waals surface area contributed by atoms with Gasteiger partial charge in [0.25, 0.3) is 0 Å². The number of hydrogen-bond donors (Lipinski definition) is 2. The largest absolute Gasteiger partial charge is 0.476 e. The quantitative estimate of drug-likeness (QED) is 0.783. The summed E-state index contributed by atoms with van der Waals surface area (Å²) >= 11 is 1.23. The Hall–Kier alpha value is -1.74. The van der Waals surface area contributed by atoms with Gasteiger partial charge in [-0.3, -0.25) is 4.79 Å². The molecule has 0 unspecified atom stereocenters. The van der Waals surface area contributed by atoms with Crippen molar-refractivity contribution in [2.75, 3.05) is 12.3 Å². The summed E-state index contributed by atoms with van der Waals surface area (Å²) in [5.41, 5.74) is 0.00243. The summed E-state index contributed by atoms with van der Waals surface area (Å²) < 4.78 is 22.4. The van der Waals surface area contributed by atoms with E-state index in [0.29, 0.717) is 18.0 Å². The summed E-state index contributed by atoms with van der Waals surface area (Å²) in [6, 6.07) is 0. The first-order chi connectivity index (χ1) is 9.85. The van der Waals surface area contributed by atoms with E-state index < -0.39 is 15.8 Å². The molecule has 0 fully saturated rings. The van der Waals surface area contributed by atoms with Gasteiger partial charge in [-0.05, 0) is 0 Å². The third-order valence-corrected chi connectivity index (χ3v) is 5.26. The van der Waals surface area contributed by atoms with E-state index in [9.17, 15) is 18.0 Å². The second kappa shape index (κ2) is 6.35. The van der Waals surface area contributed by atoms with Gasteiger partial charge in [-0.1, -0.05) is 6.08 Å². The third kappa shape index (κ3) is 4.64. The summed E-state index contributed by atoms with van der Waals surface area (Å²) in [6.45, 7) is 0.342. The topological polar surface area (TPSA) is 113 Å². The Morgan fingerprint density at radius 3 is 2.81 bits per heavy atom. The lowest BCUT2D eigenvalue weighted by atomic mass is 10.1. The van der Waals surface area contributed by atoms with E-state index in [0.717, 1.165) is 5.41 Å². The van der Waals surface area contributed by atoms with E-state index in [1.165, 1.54) is 22.8 Å². The minimum Gasteiger partial charge on any atom is -0.476 e. The number of allylic oxidation sites excluding steroid dienone is 1. The molecule has 1 aliphatic rings. The molecule has 0 spiro atoms. The third-order valence-electron chi connectivity index (χ3n) is 2.88.